The van der Waals surface area contributed by atoms with Crippen LogP contribution in [0.3, 0.4) is 0 Å². The summed E-state index contributed by atoms with van der Waals surface area (Å²) in [5, 5.41) is 0. The van der Waals surface area contributed by atoms with Gasteiger partial charge in [-0.1, -0.05) is 57.0 Å². The van der Waals surface area contributed by atoms with Crippen LogP contribution in [0.25, 0.3) is 0 Å². The Kier molecular flexibility index (Phi) is 7.34. The van der Waals surface area contributed by atoms with Crippen LogP contribution >= 0.6 is 0 Å². The van der Waals surface area contributed by atoms with Crippen molar-refractivity contribution in [2.24, 2.45) is 0 Å². The van der Waals surface area contributed by atoms with E-state index < -0.39 is 12.3 Å². The predicted molar refractivity (Wildman–Crippen MR) is 75.2 cm³/mol. The first-order chi connectivity index (χ1) is 9.19. The Balaban J connectivity index is 2.49. The lowest BCUT2D eigenvalue weighted by Gasteiger charge is -2.20. The van der Waals surface area contributed by atoms with Gasteiger partial charge in [0.1, 0.15) is 12.8 Å². The fraction of sp³-hybridized carbons (Fsp3) is 0.562. The number of carbonyl (C=O) groups excluding carboxylic acids is 1. The number of carbonyl (C=O) groups is 1. The lowest BCUT2D eigenvalue weighted by Crippen LogP contribution is -2.27. The zero-order valence-electron chi connectivity index (χ0n) is 11.8. The quantitative estimate of drug-likeness (QED) is 0.626. The van der Waals surface area contributed by atoms with Crippen molar-refractivity contribution < 1.29 is 13.9 Å². The van der Waals surface area contributed by atoms with Gasteiger partial charge in [-0.2, -0.15) is 0 Å². The van der Waals surface area contributed by atoms with Crippen LogP contribution in [0.2, 0.25) is 0 Å². The first-order valence-electron chi connectivity index (χ1n) is 7.02. The molecule has 2 atom stereocenters. The maximum atomic E-state index is 13.7. The molecule has 2 unspecified atom stereocenters. The molecule has 106 valence electrons. The van der Waals surface area contributed by atoms with Gasteiger partial charge in [0.25, 0.3) is 0 Å². The molecule has 0 spiro atoms. The fourth-order valence-corrected chi connectivity index (χ4v) is 1.93. The second-order valence-electron chi connectivity index (χ2n) is 4.71. The Morgan fingerprint density at radius 3 is 2.53 bits per heavy atom. The fourth-order valence-electron chi connectivity index (χ4n) is 1.93. The summed E-state index contributed by atoms with van der Waals surface area (Å²) in [5.74, 6) is -0.0922. The number of hydrogen-bond acceptors (Lipinski definition) is 2. The number of rotatable bonds is 9. The molecule has 0 heterocycles. The average Bonchev–Trinajstić information content (AvgIpc) is 2.47. The first kappa shape index (κ1) is 15.8. The van der Waals surface area contributed by atoms with Gasteiger partial charge in [-0.15, -0.1) is 0 Å². The van der Waals surface area contributed by atoms with E-state index in [0.29, 0.717) is 18.4 Å². The molecular weight excluding hydrogens is 243 g/mol. The van der Waals surface area contributed by atoms with Crippen molar-refractivity contribution >= 4 is 5.78 Å². The molecule has 0 aliphatic carbocycles. The molecule has 0 saturated heterocycles. The molecule has 0 radical (unpaired) electrons. The van der Waals surface area contributed by atoms with Crippen molar-refractivity contribution in [1.29, 1.82) is 0 Å². The van der Waals surface area contributed by atoms with Crippen molar-refractivity contribution in [3.63, 3.8) is 0 Å². The van der Waals surface area contributed by atoms with Gasteiger partial charge < -0.3 is 4.74 Å². The number of ketones is 1. The normalized spacial score (nSPS) is 14.1. The molecular formula is C16H23FO2. The summed E-state index contributed by atoms with van der Waals surface area (Å²) >= 11 is 0. The molecule has 2 nitrogen and oxygen atoms in total. The number of Topliss-reactive ketones (excluding diaryl/α,β-unsaturated/α-hetero) is 1. The molecule has 0 amide bonds. The largest absolute Gasteiger partial charge is 0.367 e. The van der Waals surface area contributed by atoms with Crippen LogP contribution in [0, 0.1) is 0 Å². The van der Waals surface area contributed by atoms with Crippen molar-refractivity contribution in [1.82, 2.24) is 0 Å². The number of benzene rings is 1. The van der Waals surface area contributed by atoms with Gasteiger partial charge in [-0.05, 0) is 12.8 Å². The Morgan fingerprint density at radius 2 is 1.95 bits per heavy atom. The molecule has 0 fully saturated rings. The van der Waals surface area contributed by atoms with Crippen LogP contribution in [0.4, 0.5) is 4.39 Å². The zero-order valence-corrected chi connectivity index (χ0v) is 11.8. The third-order valence-electron chi connectivity index (χ3n) is 3.16. The third kappa shape index (κ3) is 5.52. The van der Waals surface area contributed by atoms with E-state index in [2.05, 4.69) is 6.92 Å². The van der Waals surface area contributed by atoms with Crippen LogP contribution in [0.15, 0.2) is 30.3 Å². The smallest absolute Gasteiger partial charge is 0.188 e. The number of hydrogen-bond donors (Lipinski definition) is 0. The lowest BCUT2D eigenvalue weighted by atomic mass is 10.1. The second kappa shape index (κ2) is 8.81. The Hall–Kier alpha value is -1.22. The van der Waals surface area contributed by atoms with E-state index in [0.717, 1.165) is 12.8 Å². The second-order valence-corrected chi connectivity index (χ2v) is 4.71. The van der Waals surface area contributed by atoms with Crippen LogP contribution in [0.1, 0.15) is 49.9 Å². The molecule has 1 aromatic carbocycles. The standard InChI is InChI=1S/C16H23FO2/c1-3-5-11-16(14(17)4-2)19-12-15(18)13-9-7-6-8-10-13/h6-10,14,16H,3-5,11-12H2,1-2H3. The molecule has 3 heteroatoms. The topological polar surface area (TPSA) is 26.3 Å². The number of alkyl halides is 1. The highest BCUT2D eigenvalue weighted by atomic mass is 19.1. The molecule has 0 aliphatic heterocycles. The molecule has 0 aliphatic rings. The van der Waals surface area contributed by atoms with E-state index in [-0.39, 0.29) is 12.4 Å². The molecule has 0 bridgehead atoms. The molecule has 1 aromatic rings. The highest BCUT2D eigenvalue weighted by Gasteiger charge is 2.20. The minimum Gasteiger partial charge on any atom is -0.367 e. The molecule has 0 N–H and O–H groups in total. The zero-order chi connectivity index (χ0) is 14.1. The summed E-state index contributed by atoms with van der Waals surface area (Å²) < 4.78 is 19.2. The SMILES string of the molecule is CCCCC(OCC(=O)c1ccccc1)C(F)CC. The maximum Gasteiger partial charge on any atom is 0.188 e. The highest BCUT2D eigenvalue weighted by Crippen LogP contribution is 2.15. The van der Waals surface area contributed by atoms with Crippen molar-refractivity contribution in [2.75, 3.05) is 6.61 Å². The third-order valence-corrected chi connectivity index (χ3v) is 3.16. The summed E-state index contributed by atoms with van der Waals surface area (Å²) in [6.45, 7) is 3.82. The van der Waals surface area contributed by atoms with Crippen molar-refractivity contribution in [3.8, 4) is 0 Å². The molecule has 1 rings (SSSR count). The Morgan fingerprint density at radius 1 is 1.26 bits per heavy atom. The highest BCUT2D eigenvalue weighted by molar-refractivity contribution is 5.97. The van der Waals surface area contributed by atoms with Crippen molar-refractivity contribution in [2.45, 2.75) is 51.8 Å². The van der Waals surface area contributed by atoms with Crippen molar-refractivity contribution in [3.05, 3.63) is 35.9 Å². The minimum atomic E-state index is -0.991. The van der Waals surface area contributed by atoms with Gasteiger partial charge in [0.15, 0.2) is 5.78 Å². The van der Waals surface area contributed by atoms with Crippen LogP contribution < -0.4 is 0 Å². The van der Waals surface area contributed by atoms with Gasteiger partial charge in [0, 0.05) is 5.56 Å². The number of unbranched alkanes of at least 4 members (excludes halogenated alkanes) is 1. The Bertz CT molecular complexity index is 364. The summed E-state index contributed by atoms with van der Waals surface area (Å²) in [6.07, 6.45) is 1.57. The lowest BCUT2D eigenvalue weighted by molar-refractivity contribution is -0.00360. The van der Waals surface area contributed by atoms with E-state index >= 15 is 0 Å². The van der Waals surface area contributed by atoms with E-state index in [1.165, 1.54) is 0 Å². The summed E-state index contributed by atoms with van der Waals surface area (Å²) in [7, 11) is 0. The first-order valence-corrected chi connectivity index (χ1v) is 7.02. The van der Waals surface area contributed by atoms with E-state index in [1.807, 2.05) is 18.2 Å². The monoisotopic (exact) mass is 266 g/mol. The maximum absolute atomic E-state index is 13.7. The van der Waals surface area contributed by atoms with Gasteiger partial charge in [0.2, 0.25) is 0 Å². The van der Waals surface area contributed by atoms with Crippen LogP contribution in [-0.2, 0) is 4.74 Å². The van der Waals surface area contributed by atoms with Crippen LogP contribution in [-0.4, -0.2) is 24.7 Å². The number of halogens is 1. The predicted octanol–water partition coefficient (Wildman–Crippen LogP) is 4.19. The van der Waals surface area contributed by atoms with Gasteiger partial charge in [0.05, 0.1) is 6.10 Å². The summed E-state index contributed by atoms with van der Waals surface area (Å²) in [6, 6.07) is 8.98. The van der Waals surface area contributed by atoms with E-state index in [1.54, 1.807) is 19.1 Å². The average molecular weight is 266 g/mol. The minimum absolute atomic E-state index is 0.0428. The Labute approximate surface area is 115 Å². The van der Waals surface area contributed by atoms with E-state index in [9.17, 15) is 9.18 Å². The summed E-state index contributed by atoms with van der Waals surface area (Å²) in [4.78, 5) is 11.9. The molecule has 19 heavy (non-hydrogen) atoms. The van der Waals surface area contributed by atoms with Gasteiger partial charge in [-0.25, -0.2) is 4.39 Å². The molecule has 0 saturated carbocycles. The van der Waals surface area contributed by atoms with Crippen LogP contribution in [0.5, 0.6) is 0 Å². The molecule has 0 aromatic heterocycles. The van der Waals surface area contributed by atoms with E-state index in [4.69, 9.17) is 4.74 Å². The van der Waals surface area contributed by atoms with Gasteiger partial charge >= 0.3 is 0 Å². The number of ether oxygens (including phenoxy) is 1. The summed E-state index contributed by atoms with van der Waals surface area (Å²) in [5.41, 5.74) is 0.614. The van der Waals surface area contributed by atoms with Gasteiger partial charge in [-0.3, -0.25) is 4.79 Å².